The topological polar surface area (TPSA) is 111 Å². The fourth-order valence-corrected chi connectivity index (χ4v) is 2.41. The maximum atomic E-state index is 11.6. The monoisotopic (exact) mass is 287 g/mol. The number of hydrogen-bond acceptors (Lipinski definition) is 3. The molecule has 0 radical (unpaired) electrons. The van der Waals surface area contributed by atoms with E-state index in [0.29, 0.717) is 34.7 Å². The van der Waals surface area contributed by atoms with Gasteiger partial charge in [0, 0.05) is 17.1 Å². The van der Waals surface area contributed by atoms with Crippen molar-refractivity contribution in [1.29, 1.82) is 0 Å². The molecule has 2 amide bonds. The van der Waals surface area contributed by atoms with E-state index in [0.717, 1.165) is 5.75 Å². The fraction of sp³-hybridized carbons (Fsp3) is 0.333. The van der Waals surface area contributed by atoms with Crippen molar-refractivity contribution in [3.63, 3.8) is 0 Å². The molecule has 0 spiro atoms. The summed E-state index contributed by atoms with van der Waals surface area (Å²) in [6, 6.07) is 5.40. The van der Waals surface area contributed by atoms with Crippen LogP contribution in [-0.4, -0.2) is 23.4 Å². The third-order valence-electron chi connectivity index (χ3n) is 3.63. The van der Waals surface area contributed by atoms with Crippen molar-refractivity contribution in [3.8, 4) is 5.75 Å². The molecule has 1 fully saturated rings. The lowest BCUT2D eigenvalue weighted by molar-refractivity contribution is -0.117. The zero-order valence-electron chi connectivity index (χ0n) is 11.5. The lowest BCUT2D eigenvalue weighted by Gasteiger charge is -2.04. The molecule has 1 aromatic heterocycles. The van der Waals surface area contributed by atoms with Crippen molar-refractivity contribution in [3.05, 3.63) is 29.5 Å². The molecule has 0 saturated heterocycles. The molecule has 1 aliphatic carbocycles. The molecule has 0 atom stereocenters. The number of aromatic amines is 1. The Morgan fingerprint density at radius 2 is 2.05 bits per heavy atom. The molecule has 1 aliphatic rings. The largest absolute Gasteiger partial charge is 0.493 e. The molecule has 0 aliphatic heterocycles. The van der Waals surface area contributed by atoms with Crippen molar-refractivity contribution in [1.82, 2.24) is 4.98 Å². The van der Waals surface area contributed by atoms with E-state index in [2.05, 4.69) is 4.98 Å². The molecule has 3 rings (SSSR count). The predicted octanol–water partition coefficient (Wildman–Crippen LogP) is 1.08. The summed E-state index contributed by atoms with van der Waals surface area (Å²) in [5, 5.41) is 0.678. The molecule has 1 heterocycles. The number of benzene rings is 1. The standard InChI is InChI=1S/C15H17N3O3/c16-13(19)6-12-14(15(17)20)10-4-3-9(5-11(10)18-12)21-7-8-1-2-8/h3-5,8,18H,1-2,6-7H2,(H2,16,19)(H2,17,20). The highest BCUT2D eigenvalue weighted by Crippen LogP contribution is 2.31. The predicted molar refractivity (Wildman–Crippen MR) is 77.9 cm³/mol. The van der Waals surface area contributed by atoms with Crippen molar-refractivity contribution in [2.75, 3.05) is 6.61 Å². The van der Waals surface area contributed by atoms with Crippen LogP contribution in [0, 0.1) is 5.92 Å². The lowest BCUT2D eigenvalue weighted by Crippen LogP contribution is -2.18. The second-order valence-electron chi connectivity index (χ2n) is 5.45. The number of primary amides is 2. The van der Waals surface area contributed by atoms with Crippen molar-refractivity contribution in [2.45, 2.75) is 19.3 Å². The van der Waals surface area contributed by atoms with E-state index < -0.39 is 11.8 Å². The van der Waals surface area contributed by atoms with Crippen LogP contribution in [0.2, 0.25) is 0 Å². The van der Waals surface area contributed by atoms with E-state index in [9.17, 15) is 9.59 Å². The minimum atomic E-state index is -0.579. The van der Waals surface area contributed by atoms with Crippen LogP contribution in [0.3, 0.4) is 0 Å². The molecule has 110 valence electrons. The summed E-state index contributed by atoms with van der Waals surface area (Å²) in [6.45, 7) is 0.711. The van der Waals surface area contributed by atoms with Crippen LogP contribution in [0.4, 0.5) is 0 Å². The summed E-state index contributed by atoms with van der Waals surface area (Å²) >= 11 is 0. The van der Waals surface area contributed by atoms with E-state index in [4.69, 9.17) is 16.2 Å². The Morgan fingerprint density at radius 1 is 1.29 bits per heavy atom. The first-order chi connectivity index (χ1) is 10.0. The summed E-state index contributed by atoms with van der Waals surface area (Å²) in [6.07, 6.45) is 2.39. The second kappa shape index (κ2) is 5.12. The first kappa shape index (κ1) is 13.5. The highest BCUT2D eigenvalue weighted by molar-refractivity contribution is 6.08. The van der Waals surface area contributed by atoms with Gasteiger partial charge in [0.05, 0.1) is 24.1 Å². The van der Waals surface area contributed by atoms with Gasteiger partial charge in [-0.25, -0.2) is 0 Å². The van der Waals surface area contributed by atoms with Crippen molar-refractivity contribution in [2.24, 2.45) is 17.4 Å². The zero-order chi connectivity index (χ0) is 15.0. The summed E-state index contributed by atoms with van der Waals surface area (Å²) in [5.74, 6) is 0.298. The van der Waals surface area contributed by atoms with Gasteiger partial charge in [0.25, 0.3) is 5.91 Å². The third-order valence-corrected chi connectivity index (χ3v) is 3.63. The Bertz CT molecular complexity index is 716. The quantitative estimate of drug-likeness (QED) is 0.739. The van der Waals surface area contributed by atoms with Gasteiger partial charge < -0.3 is 21.2 Å². The minimum Gasteiger partial charge on any atom is -0.493 e. The van der Waals surface area contributed by atoms with Gasteiger partial charge in [0.1, 0.15) is 5.75 Å². The summed E-state index contributed by atoms with van der Waals surface area (Å²) in [7, 11) is 0. The number of amides is 2. The van der Waals surface area contributed by atoms with Gasteiger partial charge >= 0.3 is 0 Å². The Kier molecular flexibility index (Phi) is 3.29. The molecule has 21 heavy (non-hydrogen) atoms. The highest BCUT2D eigenvalue weighted by atomic mass is 16.5. The van der Waals surface area contributed by atoms with Crippen LogP contribution in [0.15, 0.2) is 18.2 Å². The lowest BCUT2D eigenvalue weighted by atomic mass is 10.1. The molecule has 1 saturated carbocycles. The molecular formula is C15H17N3O3. The molecule has 6 heteroatoms. The first-order valence-electron chi connectivity index (χ1n) is 6.90. The number of carbonyl (C=O) groups is 2. The maximum Gasteiger partial charge on any atom is 0.251 e. The highest BCUT2D eigenvalue weighted by Gasteiger charge is 2.22. The van der Waals surface area contributed by atoms with Gasteiger partial charge in [-0.2, -0.15) is 0 Å². The SMILES string of the molecule is NC(=O)Cc1[nH]c2cc(OCC3CC3)ccc2c1C(N)=O. The number of ether oxygens (including phenoxy) is 1. The van der Waals surface area contributed by atoms with E-state index in [1.807, 2.05) is 6.07 Å². The van der Waals surface area contributed by atoms with Crippen LogP contribution in [-0.2, 0) is 11.2 Å². The van der Waals surface area contributed by atoms with Gasteiger partial charge in [0.2, 0.25) is 5.91 Å². The zero-order valence-corrected chi connectivity index (χ0v) is 11.5. The van der Waals surface area contributed by atoms with Gasteiger partial charge in [-0.3, -0.25) is 9.59 Å². The van der Waals surface area contributed by atoms with Crippen LogP contribution in [0.1, 0.15) is 28.9 Å². The molecule has 0 bridgehead atoms. The number of nitrogens with two attached hydrogens (primary N) is 2. The molecular weight excluding hydrogens is 270 g/mol. The van der Waals surface area contributed by atoms with Gasteiger partial charge in [-0.15, -0.1) is 0 Å². The molecule has 5 N–H and O–H groups in total. The van der Waals surface area contributed by atoms with Crippen LogP contribution >= 0.6 is 0 Å². The van der Waals surface area contributed by atoms with Crippen molar-refractivity contribution >= 4 is 22.7 Å². The normalized spacial score (nSPS) is 14.3. The van der Waals surface area contributed by atoms with Gasteiger partial charge in [-0.1, -0.05) is 0 Å². The Balaban J connectivity index is 1.96. The molecule has 1 aromatic carbocycles. The van der Waals surface area contributed by atoms with Crippen LogP contribution < -0.4 is 16.2 Å². The van der Waals surface area contributed by atoms with E-state index in [1.165, 1.54) is 12.8 Å². The number of carbonyl (C=O) groups excluding carboxylic acids is 2. The maximum absolute atomic E-state index is 11.6. The number of aromatic nitrogens is 1. The Morgan fingerprint density at radius 3 is 2.67 bits per heavy atom. The summed E-state index contributed by atoms with van der Waals surface area (Å²) < 4.78 is 5.70. The first-order valence-corrected chi connectivity index (χ1v) is 6.90. The van der Waals surface area contributed by atoms with E-state index in [-0.39, 0.29) is 6.42 Å². The van der Waals surface area contributed by atoms with E-state index >= 15 is 0 Å². The van der Waals surface area contributed by atoms with E-state index in [1.54, 1.807) is 12.1 Å². The minimum absolute atomic E-state index is 0.0504. The fourth-order valence-electron chi connectivity index (χ4n) is 2.41. The van der Waals surface area contributed by atoms with Crippen molar-refractivity contribution < 1.29 is 14.3 Å². The molecule has 0 unspecified atom stereocenters. The Hall–Kier alpha value is -2.50. The third kappa shape index (κ3) is 2.84. The van der Waals surface area contributed by atoms with Crippen LogP contribution in [0.5, 0.6) is 5.75 Å². The number of fused-ring (bicyclic) bond motifs is 1. The number of hydrogen-bond donors (Lipinski definition) is 3. The smallest absolute Gasteiger partial charge is 0.251 e. The van der Waals surface area contributed by atoms with Gasteiger partial charge in [-0.05, 0) is 30.9 Å². The Labute approximate surface area is 121 Å². The molecule has 2 aromatic rings. The van der Waals surface area contributed by atoms with Crippen LogP contribution in [0.25, 0.3) is 10.9 Å². The average molecular weight is 287 g/mol. The number of nitrogens with one attached hydrogen (secondary N) is 1. The average Bonchev–Trinajstić information content (AvgIpc) is 3.16. The summed E-state index contributed by atoms with van der Waals surface area (Å²) in [4.78, 5) is 25.7. The molecule has 6 nitrogen and oxygen atoms in total. The summed E-state index contributed by atoms with van der Waals surface area (Å²) in [5.41, 5.74) is 12.1. The second-order valence-corrected chi connectivity index (χ2v) is 5.45. The van der Waals surface area contributed by atoms with Gasteiger partial charge in [0.15, 0.2) is 0 Å². The number of rotatable bonds is 6. The number of H-pyrrole nitrogens is 1.